The van der Waals surface area contributed by atoms with Crippen molar-refractivity contribution in [2.75, 3.05) is 39.4 Å². The Hall–Kier alpha value is -3.62. The number of rotatable bonds is 10. The number of hydrogen-bond acceptors (Lipinski definition) is 6. The molecule has 1 amide bonds. The molecule has 1 N–H and O–H groups in total. The normalized spacial score (nSPS) is 18.1. The summed E-state index contributed by atoms with van der Waals surface area (Å²) in [5.74, 6) is 1.41. The topological polar surface area (TPSA) is 84.2 Å². The lowest BCUT2D eigenvalue weighted by molar-refractivity contribution is -0.132. The summed E-state index contributed by atoms with van der Waals surface area (Å²) < 4.78 is 13.5. The molecule has 8 nitrogen and oxygen atoms in total. The maximum atomic E-state index is 12.2. The second-order valence-electron chi connectivity index (χ2n) is 10.1. The number of aliphatic hydroxyl groups is 1. The van der Waals surface area contributed by atoms with Gasteiger partial charge in [-0.25, -0.2) is 0 Å². The minimum atomic E-state index is -1.19. The number of hydrogen-bond donors (Lipinski definition) is 1. The molecular weight excluding hydrogens is 482 g/mol. The van der Waals surface area contributed by atoms with Crippen LogP contribution >= 0.6 is 0 Å². The van der Waals surface area contributed by atoms with Crippen LogP contribution in [0.4, 0.5) is 0 Å². The molecule has 1 saturated heterocycles. The third-order valence-corrected chi connectivity index (χ3v) is 6.66. The van der Waals surface area contributed by atoms with Crippen LogP contribution in [0.25, 0.3) is 0 Å². The summed E-state index contributed by atoms with van der Waals surface area (Å²) in [6, 6.07) is 20.7. The molecule has 1 fully saturated rings. The number of amides is 1. The zero-order chi connectivity index (χ0) is 27.0. The second kappa shape index (κ2) is 12.8. The lowest BCUT2D eigenvalue weighted by Gasteiger charge is -2.32. The smallest absolute Gasteiger partial charge is 0.250 e. The Morgan fingerprint density at radius 1 is 0.947 bits per heavy atom. The average Bonchev–Trinajstić information content (AvgIpc) is 3.08. The predicted octanol–water partition coefficient (Wildman–Crippen LogP) is 3.10. The van der Waals surface area contributed by atoms with Crippen LogP contribution in [0.1, 0.15) is 24.5 Å². The van der Waals surface area contributed by atoms with E-state index in [-0.39, 0.29) is 24.6 Å². The number of ether oxygens (including phenoxy) is 2. The maximum absolute atomic E-state index is 12.2. The van der Waals surface area contributed by atoms with Gasteiger partial charge in [0.2, 0.25) is 5.91 Å². The number of aromatic nitrogens is 1. The van der Waals surface area contributed by atoms with Crippen molar-refractivity contribution in [2.24, 2.45) is 0 Å². The molecule has 8 heteroatoms. The number of carbonyl (C=O) groups is 1. The van der Waals surface area contributed by atoms with Gasteiger partial charge in [-0.3, -0.25) is 14.5 Å². The van der Waals surface area contributed by atoms with E-state index in [1.807, 2.05) is 73.8 Å². The van der Waals surface area contributed by atoms with Gasteiger partial charge in [0.1, 0.15) is 23.7 Å². The average molecular weight is 520 g/mol. The molecule has 0 radical (unpaired) electrons. The Bertz CT molecular complexity index is 1240. The van der Waals surface area contributed by atoms with Crippen molar-refractivity contribution in [3.8, 4) is 11.5 Å². The summed E-state index contributed by atoms with van der Waals surface area (Å²) in [7, 11) is 0. The van der Waals surface area contributed by atoms with Gasteiger partial charge in [-0.2, -0.15) is 0 Å². The summed E-state index contributed by atoms with van der Waals surface area (Å²) in [5.41, 5.74) is 0.951. The summed E-state index contributed by atoms with van der Waals surface area (Å²) >= 11 is 0. The summed E-state index contributed by atoms with van der Waals surface area (Å²) in [6.45, 7) is 7.19. The van der Waals surface area contributed by atoms with E-state index in [1.165, 1.54) is 6.92 Å². The van der Waals surface area contributed by atoms with Gasteiger partial charge in [0.15, 0.2) is 0 Å². The lowest BCUT2D eigenvalue weighted by Crippen LogP contribution is -2.51. The first-order valence-electron chi connectivity index (χ1n) is 13.1. The first kappa shape index (κ1) is 27.4. The van der Waals surface area contributed by atoms with Gasteiger partial charge < -0.3 is 24.0 Å². The number of nitrogens with zero attached hydrogens (tertiary/aromatic N) is 3. The maximum Gasteiger partial charge on any atom is 0.250 e. The minimum absolute atomic E-state index is 0.00147. The first-order chi connectivity index (χ1) is 18.3. The van der Waals surface area contributed by atoms with E-state index in [4.69, 9.17) is 9.47 Å². The van der Waals surface area contributed by atoms with Crippen molar-refractivity contribution in [1.29, 1.82) is 0 Å². The van der Waals surface area contributed by atoms with Gasteiger partial charge in [-0.05, 0) is 48.7 Å². The lowest BCUT2D eigenvalue weighted by atomic mass is 10.0. The molecule has 4 rings (SSSR count). The Morgan fingerprint density at radius 2 is 1.68 bits per heavy atom. The zero-order valence-electron chi connectivity index (χ0n) is 22.2. The number of para-hydroxylation sites is 1. The number of benzene rings is 2. The Morgan fingerprint density at radius 3 is 2.42 bits per heavy atom. The van der Waals surface area contributed by atoms with Crippen LogP contribution < -0.4 is 15.0 Å². The Balaban J connectivity index is 1.31. The molecule has 0 bridgehead atoms. The van der Waals surface area contributed by atoms with Crippen molar-refractivity contribution in [3.63, 3.8) is 0 Å². The van der Waals surface area contributed by atoms with Gasteiger partial charge >= 0.3 is 0 Å². The highest BCUT2D eigenvalue weighted by atomic mass is 16.5. The van der Waals surface area contributed by atoms with Crippen molar-refractivity contribution >= 4 is 5.91 Å². The van der Waals surface area contributed by atoms with E-state index in [0.717, 1.165) is 23.3 Å². The predicted molar refractivity (Wildman–Crippen MR) is 146 cm³/mol. The highest BCUT2D eigenvalue weighted by molar-refractivity contribution is 5.73. The minimum Gasteiger partial charge on any atom is -0.494 e. The van der Waals surface area contributed by atoms with E-state index in [2.05, 4.69) is 4.90 Å². The SMILES string of the molecule is CC(=O)N1CCN(Cc2ccc(OCCCn3cc(C)ccc3=O)cc2)C[C@](O)(COc2ccccc2)C1. The molecule has 0 unspecified atom stereocenters. The van der Waals surface area contributed by atoms with Crippen LogP contribution in [0.5, 0.6) is 11.5 Å². The molecule has 2 heterocycles. The van der Waals surface area contributed by atoms with Crippen molar-refractivity contribution in [3.05, 3.63) is 94.4 Å². The molecule has 0 aliphatic carbocycles. The van der Waals surface area contributed by atoms with E-state index >= 15 is 0 Å². The monoisotopic (exact) mass is 519 g/mol. The van der Waals surface area contributed by atoms with Gasteiger partial charge in [-0.15, -0.1) is 0 Å². The molecular formula is C30H37N3O5. The fraction of sp³-hybridized carbons (Fsp3) is 0.400. The highest BCUT2D eigenvalue weighted by Gasteiger charge is 2.36. The standard InChI is InChI=1S/C30H37N3O5/c1-24-9-14-29(35)32(19-24)15-6-18-37-28-12-10-26(11-13-28)20-31-16-17-33(25(2)34)22-30(36,21-31)23-38-27-7-4-3-5-8-27/h3-5,7-14,19,36H,6,15-18,20-23H2,1-2H3/t30-/m1/s1. The zero-order valence-corrected chi connectivity index (χ0v) is 22.2. The number of β-amino-alcohol motifs (C(OH)–C–C–N with tert-alkyl or cyclic N) is 1. The van der Waals surface area contributed by atoms with Crippen LogP contribution in [0.3, 0.4) is 0 Å². The van der Waals surface area contributed by atoms with Gasteiger partial charge in [-0.1, -0.05) is 36.4 Å². The summed E-state index contributed by atoms with van der Waals surface area (Å²) in [4.78, 5) is 27.9. The van der Waals surface area contributed by atoms with Crippen LogP contribution in [0.15, 0.2) is 77.7 Å². The van der Waals surface area contributed by atoms with E-state index < -0.39 is 5.60 Å². The largest absolute Gasteiger partial charge is 0.494 e. The molecule has 2 aromatic carbocycles. The quantitative estimate of drug-likeness (QED) is 0.415. The molecule has 0 spiro atoms. The highest BCUT2D eigenvalue weighted by Crippen LogP contribution is 2.21. The molecule has 0 saturated carbocycles. The fourth-order valence-corrected chi connectivity index (χ4v) is 4.67. The van der Waals surface area contributed by atoms with E-state index in [1.54, 1.807) is 15.5 Å². The molecule has 1 aliphatic heterocycles. The van der Waals surface area contributed by atoms with Crippen molar-refractivity contribution in [2.45, 2.75) is 39.0 Å². The number of carbonyl (C=O) groups excluding carboxylic acids is 1. The third-order valence-electron chi connectivity index (χ3n) is 6.66. The Kier molecular flexibility index (Phi) is 9.20. The van der Waals surface area contributed by atoms with Gasteiger partial charge in [0.25, 0.3) is 5.56 Å². The third kappa shape index (κ3) is 7.94. The fourth-order valence-electron chi connectivity index (χ4n) is 4.67. The molecule has 38 heavy (non-hydrogen) atoms. The second-order valence-corrected chi connectivity index (χ2v) is 10.1. The molecule has 3 aromatic rings. The van der Waals surface area contributed by atoms with Crippen LogP contribution in [-0.2, 0) is 17.9 Å². The van der Waals surface area contributed by atoms with E-state index in [0.29, 0.717) is 45.1 Å². The van der Waals surface area contributed by atoms with Gasteiger partial charge in [0.05, 0.1) is 13.2 Å². The van der Waals surface area contributed by atoms with Crippen LogP contribution in [0, 0.1) is 6.92 Å². The van der Waals surface area contributed by atoms with Crippen LogP contribution in [0.2, 0.25) is 0 Å². The van der Waals surface area contributed by atoms with E-state index in [9.17, 15) is 14.7 Å². The molecule has 202 valence electrons. The number of pyridine rings is 1. The molecule has 1 aliphatic rings. The molecule has 1 aromatic heterocycles. The Labute approximate surface area is 224 Å². The first-order valence-corrected chi connectivity index (χ1v) is 13.1. The summed E-state index contributed by atoms with van der Waals surface area (Å²) in [5, 5.41) is 11.5. The number of aryl methyl sites for hydroxylation is 2. The summed E-state index contributed by atoms with van der Waals surface area (Å²) in [6.07, 6.45) is 2.60. The van der Waals surface area contributed by atoms with Gasteiger partial charge in [0, 0.05) is 51.9 Å². The van der Waals surface area contributed by atoms with Crippen molar-refractivity contribution < 1.29 is 19.4 Å². The molecule has 1 atom stereocenters. The van der Waals surface area contributed by atoms with Crippen LogP contribution in [-0.4, -0.2) is 70.4 Å². The van der Waals surface area contributed by atoms with Crippen molar-refractivity contribution in [1.82, 2.24) is 14.4 Å².